The number of hydrogen-bond donors (Lipinski definition) is 0. The Balaban J connectivity index is 1.88. The highest BCUT2D eigenvalue weighted by Gasteiger charge is 2.32. The van der Waals surface area contributed by atoms with Crippen molar-refractivity contribution in [3.8, 4) is 22.3 Å². The minimum Gasteiger partial charge on any atom is -0.0622 e. The summed E-state index contributed by atoms with van der Waals surface area (Å²) in [5.41, 5.74) is 12.4. The summed E-state index contributed by atoms with van der Waals surface area (Å²) in [6.45, 7) is 2.36. The predicted octanol–water partition coefficient (Wildman–Crippen LogP) is 7.09. The maximum atomic E-state index is 2.36. The van der Waals surface area contributed by atoms with E-state index in [-0.39, 0.29) is 0 Å². The molecule has 0 saturated heterocycles. The van der Waals surface area contributed by atoms with Gasteiger partial charge >= 0.3 is 0 Å². The van der Waals surface area contributed by atoms with Crippen molar-refractivity contribution >= 4 is 0 Å². The quantitative estimate of drug-likeness (QED) is 0.468. The van der Waals surface area contributed by atoms with Gasteiger partial charge in [-0.15, -0.1) is 0 Å². The Kier molecular flexibility index (Phi) is 3.93. The molecule has 0 heteroatoms. The van der Waals surface area contributed by atoms with Gasteiger partial charge in [0.15, 0.2) is 0 Å². The Bertz CT molecular complexity index is 860. The summed E-state index contributed by atoms with van der Waals surface area (Å²) in [7, 11) is 0. The number of hydrogen-bond acceptors (Lipinski definition) is 0. The number of benzene rings is 3. The lowest BCUT2D eigenvalue weighted by Crippen LogP contribution is -2.20. The molecule has 0 aromatic heterocycles. The van der Waals surface area contributed by atoms with Crippen LogP contribution in [0.1, 0.15) is 53.9 Å². The average molecular weight is 338 g/mol. The average Bonchev–Trinajstić information content (AvgIpc) is 2.70. The molecule has 3 aromatic rings. The molecule has 0 spiro atoms. The maximum absolute atomic E-state index is 2.36. The lowest BCUT2D eigenvalue weighted by molar-refractivity contribution is 0.477. The molecule has 2 aliphatic carbocycles. The van der Waals surface area contributed by atoms with E-state index < -0.39 is 0 Å². The van der Waals surface area contributed by atoms with Crippen molar-refractivity contribution in [2.75, 3.05) is 0 Å². The molecule has 0 saturated carbocycles. The van der Waals surface area contributed by atoms with Crippen molar-refractivity contribution in [3.63, 3.8) is 0 Å². The van der Waals surface area contributed by atoms with Gasteiger partial charge in [0, 0.05) is 0 Å². The van der Waals surface area contributed by atoms with E-state index in [0.717, 1.165) is 5.92 Å². The standard InChI is InChI=1S/C26H26/c1-18-24(19-10-4-2-5-11-19)22-16-8-14-21-15-9-17-23(26(21)22)25(18)20-12-6-3-7-13-20/h2-7,10-13,21H,8-9,14-17H2,1H3. The van der Waals surface area contributed by atoms with E-state index >= 15 is 0 Å². The SMILES string of the molecule is Cc1c(-c2ccccc2)c2c3c(c1-c1ccccc1)CCCC3CCC2. The van der Waals surface area contributed by atoms with Gasteiger partial charge < -0.3 is 0 Å². The largest absolute Gasteiger partial charge is 0.0622 e. The third-order valence-electron chi connectivity index (χ3n) is 6.50. The Morgan fingerprint density at radius 1 is 0.654 bits per heavy atom. The summed E-state index contributed by atoms with van der Waals surface area (Å²) in [6.07, 6.45) is 7.96. The van der Waals surface area contributed by atoms with E-state index in [1.165, 1.54) is 66.3 Å². The smallest absolute Gasteiger partial charge is 0.0113 e. The third-order valence-corrected chi connectivity index (χ3v) is 6.50. The topological polar surface area (TPSA) is 0 Å². The van der Waals surface area contributed by atoms with Crippen molar-refractivity contribution in [1.29, 1.82) is 0 Å². The van der Waals surface area contributed by atoms with E-state index in [1.807, 2.05) is 0 Å². The minimum absolute atomic E-state index is 0.785. The summed E-state index contributed by atoms with van der Waals surface area (Å²) < 4.78 is 0. The van der Waals surface area contributed by atoms with E-state index in [2.05, 4.69) is 67.6 Å². The lowest BCUT2D eigenvalue weighted by Gasteiger charge is -2.36. The van der Waals surface area contributed by atoms with Crippen molar-refractivity contribution in [1.82, 2.24) is 0 Å². The highest BCUT2D eigenvalue weighted by atomic mass is 14.4. The zero-order valence-corrected chi connectivity index (χ0v) is 15.6. The van der Waals surface area contributed by atoms with Crippen LogP contribution < -0.4 is 0 Å². The Morgan fingerprint density at radius 3 is 1.58 bits per heavy atom. The molecule has 3 aromatic carbocycles. The molecule has 2 aliphatic rings. The highest BCUT2D eigenvalue weighted by Crippen LogP contribution is 2.50. The van der Waals surface area contributed by atoms with Crippen molar-refractivity contribution < 1.29 is 0 Å². The van der Waals surface area contributed by atoms with Crippen LogP contribution in [-0.2, 0) is 12.8 Å². The van der Waals surface area contributed by atoms with Crippen LogP contribution >= 0.6 is 0 Å². The first kappa shape index (κ1) is 15.9. The highest BCUT2D eigenvalue weighted by molar-refractivity contribution is 5.85. The third kappa shape index (κ3) is 2.43. The first-order valence-corrected chi connectivity index (χ1v) is 10.1. The van der Waals surface area contributed by atoms with Crippen molar-refractivity contribution in [2.24, 2.45) is 0 Å². The molecule has 0 unspecified atom stereocenters. The minimum atomic E-state index is 0.785. The normalized spacial score (nSPS) is 16.3. The Labute approximate surface area is 156 Å². The fourth-order valence-corrected chi connectivity index (χ4v) is 5.52. The molecule has 0 amide bonds. The second-order valence-electron chi connectivity index (χ2n) is 7.96. The molecule has 0 atom stereocenters. The number of rotatable bonds is 2. The summed E-state index contributed by atoms with van der Waals surface area (Å²) in [4.78, 5) is 0. The molecule has 5 rings (SSSR count). The van der Waals surface area contributed by atoms with E-state index in [9.17, 15) is 0 Å². The molecular weight excluding hydrogens is 312 g/mol. The fourth-order valence-electron chi connectivity index (χ4n) is 5.52. The zero-order valence-electron chi connectivity index (χ0n) is 15.6. The maximum Gasteiger partial charge on any atom is -0.0113 e. The summed E-state index contributed by atoms with van der Waals surface area (Å²) >= 11 is 0. The van der Waals surface area contributed by atoms with Crippen molar-refractivity contribution in [3.05, 3.63) is 82.9 Å². The van der Waals surface area contributed by atoms with Crippen LogP contribution in [0.2, 0.25) is 0 Å². The van der Waals surface area contributed by atoms with E-state index in [4.69, 9.17) is 0 Å². The van der Waals surface area contributed by atoms with Crippen LogP contribution in [0.4, 0.5) is 0 Å². The second-order valence-corrected chi connectivity index (χ2v) is 7.96. The first-order chi connectivity index (χ1) is 12.8. The van der Waals surface area contributed by atoms with Crippen LogP contribution in [-0.4, -0.2) is 0 Å². The van der Waals surface area contributed by atoms with Gasteiger partial charge in [-0.1, -0.05) is 60.7 Å². The van der Waals surface area contributed by atoms with Crippen molar-refractivity contribution in [2.45, 2.75) is 51.4 Å². The molecule has 0 aliphatic heterocycles. The van der Waals surface area contributed by atoms with Gasteiger partial charge in [0.1, 0.15) is 0 Å². The van der Waals surface area contributed by atoms with Gasteiger partial charge in [0.05, 0.1) is 0 Å². The molecule has 0 bridgehead atoms. The monoisotopic (exact) mass is 338 g/mol. The molecule has 0 nitrogen and oxygen atoms in total. The van der Waals surface area contributed by atoms with Gasteiger partial charge in [-0.2, -0.15) is 0 Å². The second kappa shape index (κ2) is 6.43. The summed E-state index contributed by atoms with van der Waals surface area (Å²) in [5, 5.41) is 0. The summed E-state index contributed by atoms with van der Waals surface area (Å²) in [6, 6.07) is 22.2. The van der Waals surface area contributed by atoms with Crippen LogP contribution in [0, 0.1) is 6.92 Å². The van der Waals surface area contributed by atoms with Gasteiger partial charge in [-0.25, -0.2) is 0 Å². The lowest BCUT2D eigenvalue weighted by atomic mass is 9.68. The van der Waals surface area contributed by atoms with Gasteiger partial charge in [-0.3, -0.25) is 0 Å². The molecule has 0 fully saturated rings. The van der Waals surface area contributed by atoms with Gasteiger partial charge in [0.25, 0.3) is 0 Å². The molecule has 26 heavy (non-hydrogen) atoms. The van der Waals surface area contributed by atoms with Crippen LogP contribution in [0.5, 0.6) is 0 Å². The van der Waals surface area contributed by atoms with Crippen LogP contribution in [0.3, 0.4) is 0 Å². The Hall–Kier alpha value is -2.34. The Morgan fingerprint density at radius 2 is 1.12 bits per heavy atom. The van der Waals surface area contributed by atoms with Crippen LogP contribution in [0.15, 0.2) is 60.7 Å². The molecule has 130 valence electrons. The molecule has 0 radical (unpaired) electrons. The summed E-state index contributed by atoms with van der Waals surface area (Å²) in [5.74, 6) is 0.785. The molecule has 0 N–H and O–H groups in total. The van der Waals surface area contributed by atoms with Gasteiger partial charge in [-0.05, 0) is 95.9 Å². The molecular formula is C26H26. The molecule has 0 heterocycles. The predicted molar refractivity (Wildman–Crippen MR) is 111 cm³/mol. The van der Waals surface area contributed by atoms with Gasteiger partial charge in [0.2, 0.25) is 0 Å². The van der Waals surface area contributed by atoms with Crippen LogP contribution in [0.25, 0.3) is 22.3 Å². The van der Waals surface area contributed by atoms with E-state index in [0.29, 0.717) is 0 Å². The first-order valence-electron chi connectivity index (χ1n) is 10.1. The fraction of sp³-hybridized carbons (Fsp3) is 0.308. The zero-order chi connectivity index (χ0) is 17.5. The van der Waals surface area contributed by atoms with E-state index in [1.54, 1.807) is 16.7 Å².